The number of nitrogens with two attached hydrogens (primary N) is 1. The molecule has 0 aromatic carbocycles. The second-order valence-corrected chi connectivity index (χ2v) is 6.71. The van der Waals surface area contributed by atoms with Crippen molar-refractivity contribution < 1.29 is 4.79 Å². The molecule has 0 aromatic rings. The fraction of sp³-hybridized carbons (Fsp3) is 0.933. The molecule has 0 radical (unpaired) electrons. The minimum Gasteiger partial charge on any atom is -0.340 e. The Morgan fingerprint density at radius 1 is 1.16 bits per heavy atom. The van der Waals surface area contributed by atoms with Gasteiger partial charge in [-0.25, -0.2) is 0 Å². The molecule has 1 rings (SSSR count). The normalized spacial score (nSPS) is 18.1. The molecule has 0 aromatic heterocycles. The SMILES string of the molecule is CC(C)N1CCN(C(=O)CCC(C)(C)CCN)CC1. The Morgan fingerprint density at radius 3 is 2.21 bits per heavy atom. The topological polar surface area (TPSA) is 49.6 Å². The summed E-state index contributed by atoms with van der Waals surface area (Å²) in [5.74, 6) is 0.313. The first kappa shape index (κ1) is 16.4. The molecule has 2 N–H and O–H groups in total. The molecule has 1 amide bonds. The van der Waals surface area contributed by atoms with Gasteiger partial charge in [-0.2, -0.15) is 0 Å². The highest BCUT2D eigenvalue weighted by Crippen LogP contribution is 2.26. The van der Waals surface area contributed by atoms with Crippen LogP contribution >= 0.6 is 0 Å². The Hall–Kier alpha value is -0.610. The van der Waals surface area contributed by atoms with Crippen LogP contribution < -0.4 is 5.73 Å². The summed E-state index contributed by atoms with van der Waals surface area (Å²) in [4.78, 5) is 16.7. The summed E-state index contributed by atoms with van der Waals surface area (Å²) in [6.45, 7) is 13.3. The van der Waals surface area contributed by atoms with Crippen LogP contribution in [0.5, 0.6) is 0 Å². The van der Waals surface area contributed by atoms with Crippen molar-refractivity contribution in [1.82, 2.24) is 9.80 Å². The van der Waals surface area contributed by atoms with Crippen LogP contribution in [0.2, 0.25) is 0 Å². The van der Waals surface area contributed by atoms with Crippen LogP contribution in [0.4, 0.5) is 0 Å². The van der Waals surface area contributed by atoms with Gasteiger partial charge in [0.1, 0.15) is 0 Å². The van der Waals surface area contributed by atoms with Gasteiger partial charge in [0.25, 0.3) is 0 Å². The molecular weight excluding hydrogens is 238 g/mol. The quantitative estimate of drug-likeness (QED) is 0.798. The highest BCUT2D eigenvalue weighted by molar-refractivity contribution is 5.76. The summed E-state index contributed by atoms with van der Waals surface area (Å²) in [5.41, 5.74) is 5.79. The number of nitrogens with zero attached hydrogens (tertiary/aromatic N) is 2. The van der Waals surface area contributed by atoms with Crippen LogP contribution in [-0.4, -0.2) is 54.5 Å². The number of piperazine rings is 1. The molecule has 0 unspecified atom stereocenters. The molecule has 0 aliphatic carbocycles. The van der Waals surface area contributed by atoms with Gasteiger partial charge in [0, 0.05) is 38.6 Å². The van der Waals surface area contributed by atoms with Crippen molar-refractivity contribution in [2.24, 2.45) is 11.1 Å². The van der Waals surface area contributed by atoms with Gasteiger partial charge in [-0.1, -0.05) is 13.8 Å². The van der Waals surface area contributed by atoms with Crippen molar-refractivity contribution in [3.63, 3.8) is 0 Å². The van der Waals surface area contributed by atoms with Gasteiger partial charge in [-0.3, -0.25) is 9.69 Å². The van der Waals surface area contributed by atoms with E-state index in [2.05, 4.69) is 32.6 Å². The van der Waals surface area contributed by atoms with Gasteiger partial charge in [0.05, 0.1) is 0 Å². The maximum absolute atomic E-state index is 12.2. The predicted molar refractivity (Wildman–Crippen MR) is 80.0 cm³/mol. The van der Waals surface area contributed by atoms with E-state index < -0.39 is 0 Å². The molecule has 0 atom stereocenters. The van der Waals surface area contributed by atoms with Crippen LogP contribution in [0.25, 0.3) is 0 Å². The zero-order chi connectivity index (χ0) is 14.5. The van der Waals surface area contributed by atoms with Crippen LogP contribution in [0.3, 0.4) is 0 Å². The van der Waals surface area contributed by atoms with Gasteiger partial charge in [0.15, 0.2) is 0 Å². The second-order valence-electron chi connectivity index (χ2n) is 6.71. The molecule has 1 fully saturated rings. The van der Waals surface area contributed by atoms with Crippen LogP contribution in [-0.2, 0) is 4.79 Å². The first-order valence-corrected chi connectivity index (χ1v) is 7.57. The monoisotopic (exact) mass is 269 g/mol. The molecule has 1 aliphatic heterocycles. The summed E-state index contributed by atoms with van der Waals surface area (Å²) < 4.78 is 0. The summed E-state index contributed by atoms with van der Waals surface area (Å²) in [7, 11) is 0. The Kier molecular flexibility index (Phi) is 6.27. The lowest BCUT2D eigenvalue weighted by Gasteiger charge is -2.37. The highest BCUT2D eigenvalue weighted by Gasteiger charge is 2.24. The molecule has 0 spiro atoms. The predicted octanol–water partition coefficient (Wildman–Crippen LogP) is 1.69. The van der Waals surface area contributed by atoms with Gasteiger partial charge >= 0.3 is 0 Å². The maximum Gasteiger partial charge on any atom is 0.222 e. The zero-order valence-electron chi connectivity index (χ0n) is 13.1. The first-order chi connectivity index (χ1) is 8.85. The van der Waals surface area contributed by atoms with Crippen molar-refractivity contribution in [2.45, 2.75) is 53.0 Å². The minimum absolute atomic E-state index is 0.185. The lowest BCUT2D eigenvalue weighted by Crippen LogP contribution is -2.50. The maximum atomic E-state index is 12.2. The molecule has 0 saturated carbocycles. The Bertz CT molecular complexity index is 281. The lowest BCUT2D eigenvalue weighted by atomic mass is 9.84. The fourth-order valence-electron chi connectivity index (χ4n) is 2.61. The van der Waals surface area contributed by atoms with Gasteiger partial charge in [-0.15, -0.1) is 0 Å². The second kappa shape index (κ2) is 7.25. The number of hydrogen-bond donors (Lipinski definition) is 1. The van der Waals surface area contributed by atoms with Crippen molar-refractivity contribution in [1.29, 1.82) is 0 Å². The van der Waals surface area contributed by atoms with E-state index in [0.29, 0.717) is 24.9 Å². The highest BCUT2D eigenvalue weighted by atomic mass is 16.2. The first-order valence-electron chi connectivity index (χ1n) is 7.57. The van der Waals surface area contributed by atoms with E-state index in [-0.39, 0.29) is 5.41 Å². The lowest BCUT2D eigenvalue weighted by molar-refractivity contribution is -0.133. The molecule has 4 nitrogen and oxygen atoms in total. The fourth-order valence-corrected chi connectivity index (χ4v) is 2.61. The third kappa shape index (κ3) is 5.49. The third-order valence-corrected chi connectivity index (χ3v) is 4.23. The number of amides is 1. The molecule has 4 heteroatoms. The van der Waals surface area contributed by atoms with E-state index in [4.69, 9.17) is 5.73 Å². The Balaban J connectivity index is 2.32. The summed E-state index contributed by atoms with van der Waals surface area (Å²) >= 11 is 0. The van der Waals surface area contributed by atoms with E-state index in [9.17, 15) is 4.79 Å². The van der Waals surface area contributed by atoms with Crippen LogP contribution in [0, 0.1) is 5.41 Å². The van der Waals surface area contributed by atoms with Crippen LogP contribution in [0.15, 0.2) is 0 Å². The molecule has 1 aliphatic rings. The van der Waals surface area contributed by atoms with Crippen LogP contribution in [0.1, 0.15) is 47.0 Å². The number of rotatable bonds is 6. The van der Waals surface area contributed by atoms with E-state index >= 15 is 0 Å². The van der Waals surface area contributed by atoms with Crippen molar-refractivity contribution >= 4 is 5.91 Å². The van der Waals surface area contributed by atoms with E-state index in [1.54, 1.807) is 0 Å². The number of carbonyl (C=O) groups is 1. The summed E-state index contributed by atoms with van der Waals surface area (Å²) in [6.07, 6.45) is 2.59. The molecular formula is C15H31N3O. The standard InChI is InChI=1S/C15H31N3O/c1-13(2)17-9-11-18(12-10-17)14(19)5-6-15(3,4)7-8-16/h13H,5-12,16H2,1-4H3. The molecule has 112 valence electrons. The van der Waals surface area contributed by atoms with Gasteiger partial charge in [-0.05, 0) is 38.6 Å². The summed E-state index contributed by atoms with van der Waals surface area (Å²) in [5, 5.41) is 0. The van der Waals surface area contributed by atoms with Crippen molar-refractivity contribution in [3.05, 3.63) is 0 Å². The molecule has 1 heterocycles. The molecule has 0 bridgehead atoms. The van der Waals surface area contributed by atoms with E-state index in [1.165, 1.54) is 0 Å². The number of carbonyl (C=O) groups excluding carboxylic acids is 1. The third-order valence-electron chi connectivity index (χ3n) is 4.23. The molecule has 19 heavy (non-hydrogen) atoms. The van der Waals surface area contributed by atoms with E-state index in [1.807, 2.05) is 4.90 Å². The molecule has 1 saturated heterocycles. The van der Waals surface area contributed by atoms with E-state index in [0.717, 1.165) is 39.0 Å². The minimum atomic E-state index is 0.185. The van der Waals surface area contributed by atoms with Gasteiger partial charge in [0.2, 0.25) is 5.91 Å². The summed E-state index contributed by atoms with van der Waals surface area (Å²) in [6, 6.07) is 0.584. The Labute approximate surface area is 118 Å². The average molecular weight is 269 g/mol. The largest absolute Gasteiger partial charge is 0.340 e. The Morgan fingerprint density at radius 2 is 1.74 bits per heavy atom. The number of hydrogen-bond acceptors (Lipinski definition) is 3. The van der Waals surface area contributed by atoms with Crippen molar-refractivity contribution in [2.75, 3.05) is 32.7 Å². The van der Waals surface area contributed by atoms with Gasteiger partial charge < -0.3 is 10.6 Å². The average Bonchev–Trinajstić information content (AvgIpc) is 2.36. The smallest absolute Gasteiger partial charge is 0.222 e. The van der Waals surface area contributed by atoms with Crippen molar-refractivity contribution in [3.8, 4) is 0 Å². The zero-order valence-corrected chi connectivity index (χ0v) is 13.1.